The number of aliphatic hydroxyl groups is 1. The summed E-state index contributed by atoms with van der Waals surface area (Å²) in [5.41, 5.74) is 2.67. The summed E-state index contributed by atoms with van der Waals surface area (Å²) < 4.78 is 4.77. The van der Waals surface area contributed by atoms with E-state index < -0.39 is 12.1 Å². The van der Waals surface area contributed by atoms with Crippen molar-refractivity contribution in [1.29, 1.82) is 0 Å². The predicted octanol–water partition coefficient (Wildman–Crippen LogP) is 1.70. The van der Waals surface area contributed by atoms with Gasteiger partial charge in [-0.15, -0.1) is 5.73 Å². The summed E-state index contributed by atoms with van der Waals surface area (Å²) in [4.78, 5) is 11.5. The van der Waals surface area contributed by atoms with Crippen molar-refractivity contribution in [2.45, 2.75) is 13.0 Å². The molecule has 0 aliphatic heterocycles. The Bertz CT molecular complexity index is 458. The number of aliphatic hydroxyl groups excluding tert-OH is 1. The normalized spacial score (nSPS) is 11.4. The van der Waals surface area contributed by atoms with Crippen LogP contribution in [0.4, 0.5) is 0 Å². The van der Waals surface area contributed by atoms with Crippen molar-refractivity contribution >= 4 is 5.97 Å². The van der Waals surface area contributed by atoms with Crippen molar-refractivity contribution in [1.82, 2.24) is 0 Å². The van der Waals surface area contributed by atoms with Crippen LogP contribution in [0.2, 0.25) is 0 Å². The predicted molar refractivity (Wildman–Crippen MR) is 62.4 cm³/mol. The Labute approximate surface area is 99.5 Å². The molecule has 0 aliphatic carbocycles. The largest absolute Gasteiger partial charge is 0.508 e. The lowest BCUT2D eigenvalue weighted by molar-refractivity contribution is -0.139. The van der Waals surface area contributed by atoms with Crippen LogP contribution in [-0.4, -0.2) is 22.8 Å². The number of aromatic hydroxyl groups is 1. The van der Waals surface area contributed by atoms with Crippen LogP contribution in [0.5, 0.6) is 5.75 Å². The van der Waals surface area contributed by atoms with Crippen molar-refractivity contribution in [3.05, 3.63) is 47.7 Å². The fraction of sp³-hybridized carbons (Fsp3) is 0.231. The van der Waals surface area contributed by atoms with Crippen molar-refractivity contribution in [2.24, 2.45) is 0 Å². The van der Waals surface area contributed by atoms with Crippen LogP contribution in [0, 0.1) is 0 Å². The van der Waals surface area contributed by atoms with Gasteiger partial charge in [0.25, 0.3) is 0 Å². The number of rotatable bonds is 4. The summed E-state index contributed by atoms with van der Waals surface area (Å²) in [6.45, 7) is 5.22. The van der Waals surface area contributed by atoms with E-state index in [-0.39, 0.29) is 17.9 Å². The molecule has 0 aliphatic rings. The van der Waals surface area contributed by atoms with Gasteiger partial charge in [-0.05, 0) is 24.6 Å². The number of hydrogen-bond donors (Lipinski definition) is 2. The van der Waals surface area contributed by atoms with Gasteiger partial charge < -0.3 is 14.9 Å². The quantitative estimate of drug-likeness (QED) is 0.472. The Balaban J connectivity index is 2.99. The van der Waals surface area contributed by atoms with Gasteiger partial charge in [0, 0.05) is 0 Å². The average Bonchev–Trinajstić information content (AvgIpc) is 2.30. The SMILES string of the molecule is C=C=C(C(=O)OCC)C(O)c1cccc(O)c1. The number of ether oxygens (including phenoxy) is 1. The second kappa shape index (κ2) is 5.89. The van der Waals surface area contributed by atoms with Crippen LogP contribution in [0.3, 0.4) is 0 Å². The number of carbonyl (C=O) groups excluding carboxylic acids is 1. The van der Waals surface area contributed by atoms with Crippen LogP contribution in [-0.2, 0) is 9.53 Å². The van der Waals surface area contributed by atoms with E-state index in [1.54, 1.807) is 19.1 Å². The monoisotopic (exact) mass is 234 g/mol. The molecular weight excluding hydrogens is 220 g/mol. The molecule has 0 bridgehead atoms. The van der Waals surface area contributed by atoms with Crippen LogP contribution in [0.25, 0.3) is 0 Å². The molecule has 1 aromatic rings. The van der Waals surface area contributed by atoms with Crippen LogP contribution < -0.4 is 0 Å². The first kappa shape index (κ1) is 13.0. The first-order valence-corrected chi connectivity index (χ1v) is 5.14. The maximum absolute atomic E-state index is 11.5. The minimum Gasteiger partial charge on any atom is -0.508 e. The van der Waals surface area contributed by atoms with Gasteiger partial charge in [-0.25, -0.2) is 4.79 Å². The Kier molecular flexibility index (Phi) is 4.52. The van der Waals surface area contributed by atoms with Gasteiger partial charge in [-0.2, -0.15) is 0 Å². The highest BCUT2D eigenvalue weighted by molar-refractivity contribution is 5.89. The smallest absolute Gasteiger partial charge is 0.344 e. The zero-order chi connectivity index (χ0) is 12.8. The third kappa shape index (κ3) is 3.21. The third-order valence-corrected chi connectivity index (χ3v) is 2.15. The number of carbonyl (C=O) groups is 1. The van der Waals surface area contributed by atoms with E-state index in [1.807, 2.05) is 0 Å². The topological polar surface area (TPSA) is 66.8 Å². The van der Waals surface area contributed by atoms with E-state index in [4.69, 9.17) is 4.74 Å². The minimum absolute atomic E-state index is 0.00817. The number of phenols is 1. The molecule has 1 unspecified atom stereocenters. The molecule has 0 radical (unpaired) electrons. The van der Waals surface area contributed by atoms with Gasteiger partial charge in [-0.3, -0.25) is 0 Å². The molecular formula is C13H14O4. The molecule has 0 saturated heterocycles. The van der Waals surface area contributed by atoms with Gasteiger partial charge in [0.05, 0.1) is 6.61 Å². The lowest BCUT2D eigenvalue weighted by Gasteiger charge is -2.12. The van der Waals surface area contributed by atoms with E-state index in [1.165, 1.54) is 12.1 Å². The van der Waals surface area contributed by atoms with E-state index >= 15 is 0 Å². The second-order valence-corrected chi connectivity index (χ2v) is 3.31. The minimum atomic E-state index is -1.21. The van der Waals surface area contributed by atoms with Crippen molar-refractivity contribution in [3.8, 4) is 5.75 Å². The second-order valence-electron chi connectivity index (χ2n) is 3.31. The lowest BCUT2D eigenvalue weighted by Crippen LogP contribution is -2.14. The van der Waals surface area contributed by atoms with Crippen molar-refractivity contribution in [2.75, 3.05) is 6.61 Å². The lowest BCUT2D eigenvalue weighted by atomic mass is 10.0. The number of hydrogen-bond acceptors (Lipinski definition) is 4. The molecule has 0 fully saturated rings. The number of esters is 1. The third-order valence-electron chi connectivity index (χ3n) is 2.15. The Morgan fingerprint density at radius 1 is 1.59 bits per heavy atom. The zero-order valence-electron chi connectivity index (χ0n) is 9.51. The summed E-state index contributed by atoms with van der Waals surface area (Å²) in [6.07, 6.45) is -1.21. The highest BCUT2D eigenvalue weighted by Gasteiger charge is 2.21. The molecule has 0 spiro atoms. The van der Waals surface area contributed by atoms with E-state index in [9.17, 15) is 15.0 Å². The average molecular weight is 234 g/mol. The highest BCUT2D eigenvalue weighted by atomic mass is 16.5. The number of phenolic OH excluding ortho intramolecular Hbond substituents is 1. The molecule has 0 amide bonds. The summed E-state index contributed by atoms with van der Waals surface area (Å²) in [6, 6.07) is 5.99. The van der Waals surface area contributed by atoms with E-state index in [2.05, 4.69) is 12.3 Å². The molecule has 0 saturated carbocycles. The standard InChI is InChI=1S/C13H14O4/c1-3-11(13(16)17-4-2)12(15)9-6-5-7-10(14)8-9/h5-8,12,14-15H,1,4H2,2H3. The first-order chi connectivity index (χ1) is 8.10. The van der Waals surface area contributed by atoms with Crippen molar-refractivity contribution in [3.63, 3.8) is 0 Å². The van der Waals surface area contributed by atoms with E-state index in [0.717, 1.165) is 0 Å². The number of benzene rings is 1. The Hall–Kier alpha value is -2.03. The summed E-state index contributed by atoms with van der Waals surface area (Å²) >= 11 is 0. The van der Waals surface area contributed by atoms with Crippen LogP contribution in [0.1, 0.15) is 18.6 Å². The molecule has 0 heterocycles. The molecule has 2 N–H and O–H groups in total. The fourth-order valence-electron chi connectivity index (χ4n) is 1.35. The van der Waals surface area contributed by atoms with Gasteiger partial charge in [0.15, 0.2) is 0 Å². The molecule has 17 heavy (non-hydrogen) atoms. The maximum atomic E-state index is 11.5. The molecule has 0 aromatic heterocycles. The summed E-state index contributed by atoms with van der Waals surface area (Å²) in [7, 11) is 0. The summed E-state index contributed by atoms with van der Waals surface area (Å²) in [5, 5.41) is 19.2. The first-order valence-electron chi connectivity index (χ1n) is 5.14. The Morgan fingerprint density at radius 2 is 2.29 bits per heavy atom. The van der Waals surface area contributed by atoms with Crippen molar-refractivity contribution < 1.29 is 19.7 Å². The zero-order valence-corrected chi connectivity index (χ0v) is 9.51. The van der Waals surface area contributed by atoms with Crippen LogP contribution in [0.15, 0.2) is 42.1 Å². The molecule has 90 valence electrons. The molecule has 1 aromatic carbocycles. The highest BCUT2D eigenvalue weighted by Crippen LogP contribution is 2.24. The fourth-order valence-corrected chi connectivity index (χ4v) is 1.35. The molecule has 1 atom stereocenters. The van der Waals surface area contributed by atoms with Crippen LogP contribution >= 0.6 is 0 Å². The van der Waals surface area contributed by atoms with Gasteiger partial charge in [-0.1, -0.05) is 18.7 Å². The Morgan fingerprint density at radius 3 is 2.82 bits per heavy atom. The molecule has 1 rings (SSSR count). The molecule has 4 heteroatoms. The van der Waals surface area contributed by atoms with E-state index in [0.29, 0.717) is 5.56 Å². The maximum Gasteiger partial charge on any atom is 0.344 e. The van der Waals surface area contributed by atoms with Gasteiger partial charge in [0.2, 0.25) is 0 Å². The van der Waals surface area contributed by atoms with Gasteiger partial charge in [0.1, 0.15) is 17.4 Å². The molecule has 4 nitrogen and oxygen atoms in total. The van der Waals surface area contributed by atoms with Gasteiger partial charge >= 0.3 is 5.97 Å². The summed E-state index contributed by atoms with van der Waals surface area (Å²) in [5.74, 6) is -0.660.